The fourth-order valence-electron chi connectivity index (χ4n) is 4.87. The summed E-state index contributed by atoms with van der Waals surface area (Å²) in [5.41, 5.74) is 7.36. The summed E-state index contributed by atoms with van der Waals surface area (Å²) >= 11 is 12.6. The Balaban J connectivity index is 1.55. The number of amides is 2. The van der Waals surface area contributed by atoms with Crippen molar-refractivity contribution >= 4 is 40.7 Å². The van der Waals surface area contributed by atoms with Crippen molar-refractivity contribution in [3.63, 3.8) is 0 Å². The molecule has 2 aliphatic carbocycles. The molecule has 3 aromatic carbocycles. The maximum Gasteiger partial charge on any atom is 0.262 e. The Morgan fingerprint density at radius 1 is 1.00 bits per heavy atom. The van der Waals surface area contributed by atoms with Crippen molar-refractivity contribution in [1.82, 2.24) is 0 Å². The predicted octanol–water partition coefficient (Wildman–Crippen LogP) is 6.35. The molecule has 2 fully saturated rings. The average Bonchev–Trinajstić information content (AvgIpc) is 3.44. The van der Waals surface area contributed by atoms with Crippen molar-refractivity contribution in [3.05, 3.63) is 81.6 Å². The molecule has 0 bridgehead atoms. The molecule has 0 unspecified atom stereocenters. The number of hydrogen-bond acceptors (Lipinski definition) is 3. The van der Waals surface area contributed by atoms with Gasteiger partial charge in [0.25, 0.3) is 5.91 Å². The summed E-state index contributed by atoms with van der Waals surface area (Å²) < 4.78 is 20.9. The molecule has 2 amide bonds. The van der Waals surface area contributed by atoms with Crippen LogP contribution in [0.4, 0.5) is 10.1 Å². The van der Waals surface area contributed by atoms with Gasteiger partial charge in [0.2, 0.25) is 5.91 Å². The lowest BCUT2D eigenvalue weighted by molar-refractivity contribution is 0.0983. The van der Waals surface area contributed by atoms with Gasteiger partial charge in [-0.15, -0.1) is 0 Å². The van der Waals surface area contributed by atoms with Gasteiger partial charge in [-0.05, 0) is 79.1 Å². The van der Waals surface area contributed by atoms with Crippen molar-refractivity contribution in [2.45, 2.75) is 25.4 Å². The molecule has 2 N–H and O–H groups in total. The van der Waals surface area contributed by atoms with Gasteiger partial charge in [-0.25, -0.2) is 4.39 Å². The molecule has 0 aliphatic heterocycles. The minimum absolute atomic E-state index is 0.0285. The Hall–Kier alpha value is -3.09. The number of benzene rings is 3. The first-order chi connectivity index (χ1) is 16.7. The van der Waals surface area contributed by atoms with Gasteiger partial charge in [-0.3, -0.25) is 9.59 Å². The molecule has 180 valence electrons. The Bertz CT molecular complexity index is 1320. The minimum Gasteiger partial charge on any atom is -0.488 e. The van der Waals surface area contributed by atoms with Gasteiger partial charge in [0.05, 0.1) is 22.4 Å². The Morgan fingerprint density at radius 3 is 2.43 bits per heavy atom. The lowest BCUT2D eigenvalue weighted by Crippen LogP contribution is -2.28. The fraction of sp³-hybridized carbons (Fsp3) is 0.259. The van der Waals surface area contributed by atoms with Crippen LogP contribution >= 0.6 is 23.2 Å². The number of ether oxygens (including phenoxy) is 1. The van der Waals surface area contributed by atoms with Crippen molar-refractivity contribution in [1.29, 1.82) is 0 Å². The number of anilines is 1. The van der Waals surface area contributed by atoms with Gasteiger partial charge in [0.1, 0.15) is 11.6 Å². The maximum absolute atomic E-state index is 14.5. The molecule has 35 heavy (non-hydrogen) atoms. The summed E-state index contributed by atoms with van der Waals surface area (Å²) in [5, 5.41) is 0.477. The molecule has 0 spiro atoms. The molecule has 0 radical (unpaired) electrons. The van der Waals surface area contributed by atoms with Crippen molar-refractivity contribution in [2.24, 2.45) is 17.6 Å². The number of primary amides is 1. The first kappa shape index (κ1) is 23.6. The van der Waals surface area contributed by atoms with E-state index in [0.717, 1.165) is 12.8 Å². The van der Waals surface area contributed by atoms with E-state index in [1.165, 1.54) is 29.5 Å². The smallest absolute Gasteiger partial charge is 0.262 e. The highest BCUT2D eigenvalue weighted by Crippen LogP contribution is 2.53. The van der Waals surface area contributed by atoms with Crippen LogP contribution in [0.5, 0.6) is 5.75 Å². The van der Waals surface area contributed by atoms with E-state index in [9.17, 15) is 14.0 Å². The molecule has 3 atom stereocenters. The zero-order valence-electron chi connectivity index (χ0n) is 18.9. The van der Waals surface area contributed by atoms with Crippen molar-refractivity contribution in [3.8, 4) is 16.9 Å². The first-order valence-electron chi connectivity index (χ1n) is 11.4. The van der Waals surface area contributed by atoms with E-state index in [0.29, 0.717) is 45.0 Å². The molecule has 8 heteroatoms. The minimum atomic E-state index is -0.695. The van der Waals surface area contributed by atoms with Crippen molar-refractivity contribution in [2.75, 3.05) is 11.9 Å². The van der Waals surface area contributed by atoms with Gasteiger partial charge in [-0.1, -0.05) is 35.3 Å². The van der Waals surface area contributed by atoms with E-state index in [1.807, 2.05) is 0 Å². The lowest BCUT2D eigenvalue weighted by atomic mass is 10.0. The van der Waals surface area contributed by atoms with E-state index >= 15 is 0 Å². The molecule has 5 rings (SSSR count). The van der Waals surface area contributed by atoms with Crippen LogP contribution in [0, 0.1) is 17.7 Å². The third-order valence-electron chi connectivity index (χ3n) is 6.86. The summed E-state index contributed by atoms with van der Waals surface area (Å²) in [6.07, 6.45) is 3.19. The van der Waals surface area contributed by atoms with Gasteiger partial charge in [0.15, 0.2) is 0 Å². The number of nitrogens with two attached hydrogens (primary N) is 1. The van der Waals surface area contributed by atoms with Crippen molar-refractivity contribution < 1.29 is 18.7 Å². The summed E-state index contributed by atoms with van der Waals surface area (Å²) in [4.78, 5) is 26.3. The molecular formula is C27H23Cl2FN2O3. The number of carbonyl (C=O) groups excluding carboxylic acids is 2. The summed E-state index contributed by atoms with van der Waals surface area (Å²) in [6.45, 7) is 0. The van der Waals surface area contributed by atoms with E-state index in [1.54, 1.807) is 43.4 Å². The highest BCUT2D eigenvalue weighted by molar-refractivity contribution is 6.34. The highest BCUT2D eigenvalue weighted by Gasteiger charge is 2.47. The molecule has 2 saturated carbocycles. The second-order valence-corrected chi connectivity index (χ2v) is 9.98. The quantitative estimate of drug-likeness (QED) is 0.418. The topological polar surface area (TPSA) is 72.6 Å². The Morgan fingerprint density at radius 2 is 1.74 bits per heavy atom. The zero-order valence-corrected chi connectivity index (χ0v) is 20.4. The summed E-state index contributed by atoms with van der Waals surface area (Å²) in [5.74, 6) is 0.0221. The van der Waals surface area contributed by atoms with Crippen LogP contribution in [0.2, 0.25) is 10.0 Å². The number of carbonyl (C=O) groups is 2. The Labute approximate surface area is 212 Å². The monoisotopic (exact) mass is 512 g/mol. The lowest BCUT2D eigenvalue weighted by Gasteiger charge is -2.25. The van der Waals surface area contributed by atoms with Crippen LogP contribution in [0.25, 0.3) is 11.1 Å². The van der Waals surface area contributed by atoms with Crippen LogP contribution in [0.15, 0.2) is 54.6 Å². The van der Waals surface area contributed by atoms with Crippen LogP contribution in [0.3, 0.4) is 0 Å². The third-order valence-corrected chi connectivity index (χ3v) is 7.50. The number of rotatable bonds is 6. The molecule has 3 aromatic rings. The van der Waals surface area contributed by atoms with Gasteiger partial charge >= 0.3 is 0 Å². The molecule has 0 aromatic heterocycles. The third kappa shape index (κ3) is 4.60. The molecule has 0 heterocycles. The Kier molecular flexibility index (Phi) is 6.20. The van der Waals surface area contributed by atoms with Crippen LogP contribution in [-0.2, 0) is 0 Å². The van der Waals surface area contributed by atoms with Gasteiger partial charge in [0, 0.05) is 23.2 Å². The summed E-state index contributed by atoms with van der Waals surface area (Å²) in [6, 6.07) is 14.2. The molecule has 0 saturated heterocycles. The summed E-state index contributed by atoms with van der Waals surface area (Å²) in [7, 11) is 1.56. The van der Waals surface area contributed by atoms with Gasteiger partial charge in [-0.2, -0.15) is 0 Å². The predicted molar refractivity (Wildman–Crippen MR) is 135 cm³/mol. The second kappa shape index (κ2) is 9.17. The molecule has 2 aliphatic rings. The highest BCUT2D eigenvalue weighted by atomic mass is 35.5. The number of halogens is 3. The SMILES string of the molecule is CN(C(=O)c1c(F)cccc1Cl)c1ccc(-c2cc(C(N)=O)ccc2Cl)cc1O[C@@H]1C[C@@H]2C[C@@H]2C1. The normalized spacial score (nSPS) is 20.3. The second-order valence-electron chi connectivity index (χ2n) is 9.17. The molecule has 5 nitrogen and oxygen atoms in total. The van der Waals surface area contributed by atoms with E-state index in [2.05, 4.69) is 0 Å². The van der Waals surface area contributed by atoms with E-state index < -0.39 is 17.6 Å². The van der Waals surface area contributed by atoms with Crippen LogP contribution < -0.4 is 15.4 Å². The largest absolute Gasteiger partial charge is 0.488 e. The number of hydrogen-bond donors (Lipinski definition) is 1. The van der Waals surface area contributed by atoms with Gasteiger partial charge < -0.3 is 15.4 Å². The van der Waals surface area contributed by atoms with Crippen LogP contribution in [-0.4, -0.2) is 25.0 Å². The molecular weight excluding hydrogens is 490 g/mol. The standard InChI is InChI=1S/C27H23Cl2FN2O3/c1-32(27(34)25-21(29)3-2-4-22(25)30)23-8-6-14(19-12-15(26(31)33)5-7-20(19)28)13-24(23)35-18-10-16-9-17(16)11-18/h2-8,12-13,16-18H,9-11H2,1H3,(H2,31,33)/t16-,17+,18+. The van der Waals surface area contributed by atoms with E-state index in [4.69, 9.17) is 33.7 Å². The number of fused-ring (bicyclic) bond motifs is 1. The maximum atomic E-state index is 14.5. The average molecular weight is 513 g/mol. The first-order valence-corrected chi connectivity index (χ1v) is 12.1. The zero-order chi connectivity index (χ0) is 24.9. The fourth-order valence-corrected chi connectivity index (χ4v) is 5.34. The number of nitrogens with zero attached hydrogens (tertiary/aromatic N) is 1. The van der Waals surface area contributed by atoms with E-state index in [-0.39, 0.29) is 16.7 Å². The van der Waals surface area contributed by atoms with Crippen LogP contribution in [0.1, 0.15) is 40.0 Å².